The molecule has 4 nitrogen and oxygen atoms in total. The zero-order chi connectivity index (χ0) is 8.27. The van der Waals surface area contributed by atoms with E-state index in [2.05, 4.69) is 0 Å². The van der Waals surface area contributed by atoms with Gasteiger partial charge in [0.1, 0.15) is 0 Å². The van der Waals surface area contributed by atoms with E-state index in [4.69, 9.17) is 4.55 Å². The smallest absolute Gasteiger partial charge is 0.264 e. The molecule has 1 amide bonds. The summed E-state index contributed by atoms with van der Waals surface area (Å²) in [5, 5.41) is 0. The Balaban J connectivity index is 2.59. The third-order valence-electron chi connectivity index (χ3n) is 1.72. The lowest BCUT2D eigenvalue weighted by Gasteiger charge is -2.13. The van der Waals surface area contributed by atoms with Gasteiger partial charge in [0.25, 0.3) is 11.3 Å². The van der Waals surface area contributed by atoms with Crippen LogP contribution in [-0.2, 0) is 16.1 Å². The van der Waals surface area contributed by atoms with Crippen LogP contribution in [0.3, 0.4) is 0 Å². The highest BCUT2D eigenvalue weighted by atomic mass is 32.2. The van der Waals surface area contributed by atoms with Crippen molar-refractivity contribution in [2.75, 3.05) is 6.54 Å². The molecule has 0 aromatic carbocycles. The van der Waals surface area contributed by atoms with Crippen molar-refractivity contribution in [3.63, 3.8) is 0 Å². The molecule has 64 valence electrons. The van der Waals surface area contributed by atoms with E-state index in [-0.39, 0.29) is 5.91 Å². The molecule has 0 aliphatic carbocycles. The summed E-state index contributed by atoms with van der Waals surface area (Å²) in [6, 6.07) is 0. The first-order valence-corrected chi connectivity index (χ1v) is 4.69. The second-order valence-electron chi connectivity index (χ2n) is 2.54. The first-order valence-electron chi connectivity index (χ1n) is 3.63. The Kier molecular flexibility index (Phi) is 3.02. The molecule has 11 heavy (non-hydrogen) atoms. The monoisotopic (exact) mass is 177 g/mol. The molecule has 1 saturated heterocycles. The molecule has 1 atom stereocenters. The normalized spacial score (nSPS) is 23.0. The predicted molar refractivity (Wildman–Crippen MR) is 41.0 cm³/mol. The van der Waals surface area contributed by atoms with Crippen LogP contribution in [0.4, 0.5) is 0 Å². The van der Waals surface area contributed by atoms with Gasteiger partial charge in [-0.15, -0.1) is 0 Å². The Morgan fingerprint density at radius 3 is 2.73 bits per heavy atom. The van der Waals surface area contributed by atoms with Crippen LogP contribution >= 0.6 is 0 Å². The third kappa shape index (κ3) is 2.27. The zero-order valence-corrected chi connectivity index (χ0v) is 6.97. The third-order valence-corrected chi connectivity index (χ3v) is 2.48. The summed E-state index contributed by atoms with van der Waals surface area (Å²) in [5.41, 5.74) is 0. The molecule has 0 aromatic rings. The lowest BCUT2D eigenvalue weighted by Crippen LogP contribution is -2.31. The summed E-state index contributed by atoms with van der Waals surface area (Å²) in [7, 11) is 0. The van der Waals surface area contributed by atoms with E-state index in [1.807, 2.05) is 0 Å². The summed E-state index contributed by atoms with van der Waals surface area (Å²) in [4.78, 5) is 11.0. The maximum atomic E-state index is 11.0. The van der Waals surface area contributed by atoms with E-state index in [0.717, 1.165) is 23.6 Å². The zero-order valence-electron chi connectivity index (χ0n) is 6.15. The number of carbonyl (C=O) groups excluding carboxylic acids is 1. The largest absolute Gasteiger partial charge is 0.289 e. The number of hydrogen-bond acceptors (Lipinski definition) is 2. The van der Waals surface area contributed by atoms with Crippen LogP contribution in [0.5, 0.6) is 0 Å². The van der Waals surface area contributed by atoms with Gasteiger partial charge in [0, 0.05) is 13.0 Å². The van der Waals surface area contributed by atoms with Crippen molar-refractivity contribution < 1.29 is 13.6 Å². The highest BCUT2D eigenvalue weighted by Gasteiger charge is 2.20. The average molecular weight is 177 g/mol. The summed E-state index contributed by atoms with van der Waals surface area (Å²) < 4.78 is 20.2. The minimum absolute atomic E-state index is 0.205. The molecule has 5 heteroatoms. The number of amides is 1. The lowest BCUT2D eigenvalue weighted by molar-refractivity contribution is -0.126. The van der Waals surface area contributed by atoms with Crippen LogP contribution in [0.15, 0.2) is 0 Å². The topological polar surface area (TPSA) is 57.6 Å². The molecular formula is C6H11NO3S. The summed E-state index contributed by atoms with van der Waals surface area (Å²) in [6.07, 6.45) is 3.05. The molecule has 1 unspecified atom stereocenters. The first-order chi connectivity index (χ1) is 5.22. The Labute approximate surface area is 68.0 Å². The van der Waals surface area contributed by atoms with Crippen molar-refractivity contribution in [3.05, 3.63) is 0 Å². The van der Waals surface area contributed by atoms with Gasteiger partial charge in [-0.1, -0.05) is 6.42 Å². The van der Waals surface area contributed by atoms with Crippen molar-refractivity contribution in [1.82, 2.24) is 4.31 Å². The standard InChI is InChI=1S/C6H11NO3S/c8-6-4-2-1-3-5-7(6)11(9)10/h1-5H2,(H,9,10). The molecule has 1 aliphatic heterocycles. The molecule has 0 radical (unpaired) electrons. The highest BCUT2D eigenvalue weighted by molar-refractivity contribution is 7.77. The first kappa shape index (κ1) is 8.67. The number of rotatable bonds is 1. The minimum Gasteiger partial charge on any atom is -0.289 e. The quantitative estimate of drug-likeness (QED) is 0.594. The van der Waals surface area contributed by atoms with E-state index in [9.17, 15) is 9.00 Å². The number of carbonyl (C=O) groups is 1. The molecule has 1 aliphatic rings. The van der Waals surface area contributed by atoms with Gasteiger partial charge in [0.05, 0.1) is 0 Å². The van der Waals surface area contributed by atoms with E-state index in [0.29, 0.717) is 13.0 Å². The van der Waals surface area contributed by atoms with Crippen LogP contribution in [0.2, 0.25) is 0 Å². The molecule has 0 spiro atoms. The summed E-state index contributed by atoms with van der Waals surface area (Å²) in [5.74, 6) is -0.205. The Morgan fingerprint density at radius 2 is 2.09 bits per heavy atom. The summed E-state index contributed by atoms with van der Waals surface area (Å²) in [6.45, 7) is 0.419. The van der Waals surface area contributed by atoms with Crippen LogP contribution in [0.25, 0.3) is 0 Å². The summed E-state index contributed by atoms with van der Waals surface area (Å²) >= 11 is -2.11. The van der Waals surface area contributed by atoms with Gasteiger partial charge in [-0.3, -0.25) is 9.35 Å². The fraction of sp³-hybridized carbons (Fsp3) is 0.833. The van der Waals surface area contributed by atoms with Gasteiger partial charge in [-0.05, 0) is 12.8 Å². The fourth-order valence-electron chi connectivity index (χ4n) is 1.12. The second-order valence-corrected chi connectivity index (χ2v) is 3.44. The Bertz CT molecular complexity index is 183. The van der Waals surface area contributed by atoms with Gasteiger partial charge in [-0.2, -0.15) is 0 Å². The fourth-order valence-corrected chi connectivity index (χ4v) is 1.67. The van der Waals surface area contributed by atoms with Crippen molar-refractivity contribution in [3.8, 4) is 0 Å². The molecule has 1 N–H and O–H groups in total. The van der Waals surface area contributed by atoms with Crippen LogP contribution in [0.1, 0.15) is 25.7 Å². The van der Waals surface area contributed by atoms with Crippen molar-refractivity contribution in [1.29, 1.82) is 0 Å². The molecule has 0 saturated carbocycles. The molecule has 1 heterocycles. The van der Waals surface area contributed by atoms with E-state index in [1.165, 1.54) is 0 Å². The SMILES string of the molecule is O=C1CCCCCN1S(=O)O. The van der Waals surface area contributed by atoms with Crippen LogP contribution < -0.4 is 0 Å². The van der Waals surface area contributed by atoms with Gasteiger partial charge >= 0.3 is 0 Å². The molecule has 0 aromatic heterocycles. The molecule has 1 rings (SSSR count). The Morgan fingerprint density at radius 1 is 1.36 bits per heavy atom. The van der Waals surface area contributed by atoms with Crippen LogP contribution in [0, 0.1) is 0 Å². The van der Waals surface area contributed by atoms with E-state index < -0.39 is 11.3 Å². The second kappa shape index (κ2) is 3.82. The maximum absolute atomic E-state index is 11.0. The van der Waals surface area contributed by atoms with Crippen molar-refractivity contribution in [2.24, 2.45) is 0 Å². The van der Waals surface area contributed by atoms with Crippen LogP contribution in [-0.4, -0.2) is 25.5 Å². The average Bonchev–Trinajstić information content (AvgIpc) is 2.13. The van der Waals surface area contributed by atoms with Crippen molar-refractivity contribution in [2.45, 2.75) is 25.7 Å². The molecular weight excluding hydrogens is 166 g/mol. The molecule has 1 fully saturated rings. The van der Waals surface area contributed by atoms with Gasteiger partial charge < -0.3 is 0 Å². The van der Waals surface area contributed by atoms with E-state index >= 15 is 0 Å². The number of hydrogen-bond donors (Lipinski definition) is 1. The number of nitrogens with zero attached hydrogens (tertiary/aromatic N) is 1. The molecule has 0 bridgehead atoms. The highest BCUT2D eigenvalue weighted by Crippen LogP contribution is 2.11. The maximum Gasteiger partial charge on any atom is 0.264 e. The van der Waals surface area contributed by atoms with E-state index in [1.54, 1.807) is 0 Å². The van der Waals surface area contributed by atoms with Crippen molar-refractivity contribution >= 4 is 17.2 Å². The van der Waals surface area contributed by atoms with Gasteiger partial charge in [-0.25, -0.2) is 8.51 Å². The van der Waals surface area contributed by atoms with Gasteiger partial charge in [0.2, 0.25) is 5.91 Å². The van der Waals surface area contributed by atoms with Gasteiger partial charge in [0.15, 0.2) is 0 Å². The predicted octanol–water partition coefficient (Wildman–Crippen LogP) is 0.526. The lowest BCUT2D eigenvalue weighted by atomic mass is 10.2. The Hall–Kier alpha value is -0.420. The minimum atomic E-state index is -2.11.